The number of hydrogen-bond acceptors (Lipinski definition) is 7. The van der Waals surface area contributed by atoms with Crippen LogP contribution in [0.25, 0.3) is 10.8 Å². The van der Waals surface area contributed by atoms with Crippen molar-refractivity contribution in [3.63, 3.8) is 0 Å². The number of nitrogens with zero attached hydrogens (tertiary/aromatic N) is 6. The molecule has 2 aromatic carbocycles. The summed E-state index contributed by atoms with van der Waals surface area (Å²) in [5.74, 6) is 0.778. The van der Waals surface area contributed by atoms with Crippen LogP contribution < -0.4 is 4.74 Å². The van der Waals surface area contributed by atoms with Gasteiger partial charge in [0.25, 0.3) is 0 Å². The second-order valence-electron chi connectivity index (χ2n) is 7.26. The Labute approximate surface area is 242 Å². The van der Waals surface area contributed by atoms with E-state index in [1.807, 2.05) is 43.3 Å². The molecule has 0 radical (unpaired) electrons. The summed E-state index contributed by atoms with van der Waals surface area (Å²) in [4.78, 5) is 22.9. The van der Waals surface area contributed by atoms with E-state index in [1.165, 1.54) is 0 Å². The Kier molecular flexibility index (Phi) is 11.7. The molecule has 0 saturated heterocycles. The van der Waals surface area contributed by atoms with Gasteiger partial charge in [0, 0.05) is 63.9 Å². The quantitative estimate of drug-likeness (QED) is 0.145. The molecule has 0 aliphatic carbocycles. The zero-order chi connectivity index (χ0) is 26.6. The number of rotatable bonds is 4. The predicted octanol–water partition coefficient (Wildman–Crippen LogP) is 7.98. The minimum atomic E-state index is 0.227. The van der Waals surface area contributed by atoms with Crippen LogP contribution in [-0.4, -0.2) is 29.9 Å². The Morgan fingerprint density at radius 3 is 1.65 bits per heavy atom. The summed E-state index contributed by atoms with van der Waals surface area (Å²) in [6.07, 6.45) is 10.0. The SMILES string of the molecule is Cc1cnc(Cl)nc1.Clc1ncc(CBr)cn1.Clc1ncc(COc2ccc(Cl)c3ccccc23)cn1. The van der Waals surface area contributed by atoms with Crippen LogP contribution in [-0.2, 0) is 11.9 Å². The lowest BCUT2D eigenvalue weighted by molar-refractivity contribution is 0.309. The molecule has 37 heavy (non-hydrogen) atoms. The summed E-state index contributed by atoms with van der Waals surface area (Å²) < 4.78 is 5.82. The van der Waals surface area contributed by atoms with Crippen molar-refractivity contribution >= 4 is 73.1 Å². The molecule has 0 atom stereocenters. The summed E-state index contributed by atoms with van der Waals surface area (Å²) in [5, 5.41) is 4.25. The number of alkyl halides is 1. The van der Waals surface area contributed by atoms with Crippen molar-refractivity contribution in [3.05, 3.63) is 111 Å². The van der Waals surface area contributed by atoms with E-state index in [0.29, 0.717) is 22.2 Å². The van der Waals surface area contributed by atoms with Crippen molar-refractivity contribution < 1.29 is 4.74 Å². The maximum absolute atomic E-state index is 6.17. The Morgan fingerprint density at radius 2 is 1.14 bits per heavy atom. The number of halogens is 5. The van der Waals surface area contributed by atoms with Crippen LogP contribution in [0.3, 0.4) is 0 Å². The van der Waals surface area contributed by atoms with E-state index in [0.717, 1.165) is 38.5 Å². The van der Waals surface area contributed by atoms with Crippen LogP contribution in [0.1, 0.15) is 16.7 Å². The van der Waals surface area contributed by atoms with Crippen LogP contribution in [0.15, 0.2) is 73.6 Å². The van der Waals surface area contributed by atoms with Gasteiger partial charge >= 0.3 is 0 Å². The summed E-state index contributed by atoms with van der Waals surface area (Å²) in [6, 6.07) is 11.5. The molecule has 0 amide bonds. The van der Waals surface area contributed by atoms with Crippen LogP contribution in [0.2, 0.25) is 20.9 Å². The lowest BCUT2D eigenvalue weighted by atomic mass is 10.1. The number of aromatic nitrogens is 6. The van der Waals surface area contributed by atoms with Crippen LogP contribution in [0, 0.1) is 6.92 Å². The summed E-state index contributed by atoms with van der Waals surface area (Å²) in [5.41, 5.74) is 2.90. The number of hydrogen-bond donors (Lipinski definition) is 0. The van der Waals surface area contributed by atoms with Crippen molar-refractivity contribution in [2.24, 2.45) is 0 Å². The van der Waals surface area contributed by atoms with Crippen LogP contribution >= 0.6 is 62.3 Å². The van der Waals surface area contributed by atoms with Crippen molar-refractivity contribution in [1.29, 1.82) is 0 Å². The summed E-state index contributed by atoms with van der Waals surface area (Å²) in [7, 11) is 0. The molecule has 190 valence electrons. The normalized spacial score (nSPS) is 10.1. The average Bonchev–Trinajstić information content (AvgIpc) is 2.92. The monoisotopic (exact) mass is 638 g/mol. The molecule has 0 bridgehead atoms. The Morgan fingerprint density at radius 1 is 0.649 bits per heavy atom. The third kappa shape index (κ3) is 9.64. The number of ether oxygens (including phenoxy) is 1. The standard InChI is InChI=1S/C15H10Cl2N2O.C5H4BrClN2.C5H5ClN2/c16-13-5-6-14(12-4-2-1-3-11(12)13)20-9-10-7-18-15(17)19-8-10;6-1-4-2-8-5(7)9-3-4;1-4-2-7-5(6)8-3-4/h1-8H,9H2;2-3H,1H2;2-3H,1H3. The molecule has 0 unspecified atom stereocenters. The molecule has 0 N–H and O–H groups in total. The van der Waals surface area contributed by atoms with Gasteiger partial charge in [-0.25, -0.2) is 29.9 Å². The third-order valence-corrected chi connectivity index (χ3v) is 6.04. The molecule has 0 saturated carbocycles. The number of aryl methyl sites for hydroxylation is 1. The molecule has 0 aliphatic rings. The minimum Gasteiger partial charge on any atom is -0.488 e. The highest BCUT2D eigenvalue weighted by molar-refractivity contribution is 9.08. The van der Waals surface area contributed by atoms with Gasteiger partial charge in [0.15, 0.2) is 0 Å². The van der Waals surface area contributed by atoms with E-state index in [9.17, 15) is 0 Å². The second kappa shape index (κ2) is 15.0. The van der Waals surface area contributed by atoms with E-state index < -0.39 is 0 Å². The van der Waals surface area contributed by atoms with Gasteiger partial charge in [0.1, 0.15) is 12.4 Å². The van der Waals surface area contributed by atoms with Crippen molar-refractivity contribution in [2.45, 2.75) is 18.9 Å². The fraction of sp³-hybridized carbons (Fsp3) is 0.120. The fourth-order valence-corrected chi connectivity index (χ4v) is 3.53. The van der Waals surface area contributed by atoms with Crippen molar-refractivity contribution in [3.8, 4) is 5.75 Å². The van der Waals surface area contributed by atoms with Gasteiger partial charge in [-0.3, -0.25) is 0 Å². The van der Waals surface area contributed by atoms with E-state index >= 15 is 0 Å². The third-order valence-electron chi connectivity index (χ3n) is 4.48. The van der Waals surface area contributed by atoms with E-state index in [2.05, 4.69) is 45.8 Å². The Bertz CT molecular complexity index is 1390. The Balaban J connectivity index is 0.000000184. The molecule has 0 fully saturated rings. The first-order valence-corrected chi connectivity index (χ1v) is 13.2. The van der Waals surface area contributed by atoms with Gasteiger partial charge in [-0.15, -0.1) is 0 Å². The van der Waals surface area contributed by atoms with Gasteiger partial charge in [0.2, 0.25) is 15.9 Å². The highest BCUT2D eigenvalue weighted by Gasteiger charge is 2.06. The predicted molar refractivity (Wildman–Crippen MR) is 152 cm³/mol. The van der Waals surface area contributed by atoms with Gasteiger partial charge < -0.3 is 4.74 Å². The average molecular weight is 641 g/mol. The van der Waals surface area contributed by atoms with Gasteiger partial charge in [0.05, 0.1) is 0 Å². The van der Waals surface area contributed by atoms with Crippen molar-refractivity contribution in [1.82, 2.24) is 29.9 Å². The van der Waals surface area contributed by atoms with E-state index in [-0.39, 0.29) is 5.28 Å². The Hall–Kier alpha value is -2.62. The van der Waals surface area contributed by atoms with Gasteiger partial charge in [-0.1, -0.05) is 51.8 Å². The zero-order valence-corrected chi connectivity index (χ0v) is 23.9. The summed E-state index contributed by atoms with van der Waals surface area (Å²) in [6.45, 7) is 2.29. The molecular weight excluding hydrogens is 622 g/mol. The molecule has 3 aromatic heterocycles. The number of benzene rings is 2. The lowest BCUT2D eigenvalue weighted by Crippen LogP contribution is -1.98. The largest absolute Gasteiger partial charge is 0.488 e. The smallest absolute Gasteiger partial charge is 0.222 e. The minimum absolute atomic E-state index is 0.227. The highest BCUT2D eigenvalue weighted by Crippen LogP contribution is 2.31. The molecule has 12 heteroatoms. The summed E-state index contributed by atoms with van der Waals surface area (Å²) >= 11 is 25.9. The fourth-order valence-electron chi connectivity index (χ4n) is 2.72. The highest BCUT2D eigenvalue weighted by atomic mass is 79.9. The lowest BCUT2D eigenvalue weighted by Gasteiger charge is -2.10. The van der Waals surface area contributed by atoms with Crippen LogP contribution in [0.5, 0.6) is 5.75 Å². The topological polar surface area (TPSA) is 86.6 Å². The van der Waals surface area contributed by atoms with Crippen molar-refractivity contribution in [2.75, 3.05) is 0 Å². The molecule has 3 heterocycles. The molecule has 0 spiro atoms. The van der Waals surface area contributed by atoms with Gasteiger partial charge in [-0.2, -0.15) is 0 Å². The molecule has 5 rings (SSSR count). The molecule has 7 nitrogen and oxygen atoms in total. The first-order valence-electron chi connectivity index (χ1n) is 10.6. The zero-order valence-electron chi connectivity index (χ0n) is 19.3. The molecular formula is C25H19BrCl4N6O. The second-order valence-corrected chi connectivity index (χ2v) is 9.25. The number of fused-ring (bicyclic) bond motifs is 1. The van der Waals surface area contributed by atoms with Gasteiger partial charge in [-0.05, 0) is 65.0 Å². The maximum atomic E-state index is 6.17. The molecule has 0 aliphatic heterocycles. The van der Waals surface area contributed by atoms with E-state index in [4.69, 9.17) is 51.1 Å². The van der Waals surface area contributed by atoms with E-state index in [1.54, 1.807) is 37.2 Å². The first kappa shape index (κ1) is 28.9. The molecule has 5 aromatic rings. The van der Waals surface area contributed by atoms with Crippen LogP contribution in [0.4, 0.5) is 0 Å². The first-order chi connectivity index (χ1) is 17.9. The maximum Gasteiger partial charge on any atom is 0.222 e.